The van der Waals surface area contributed by atoms with Crippen molar-refractivity contribution >= 4 is 31.9 Å². The minimum Gasteiger partial charge on any atom is -0.393 e. The number of rotatable bonds is 0. The molecule has 3 heteroatoms. The molecule has 2 fully saturated rings. The molecular weight excluding hydrogens is 296 g/mol. The van der Waals surface area contributed by atoms with E-state index in [0.29, 0.717) is 5.92 Å². The lowest BCUT2D eigenvalue weighted by Gasteiger charge is -2.36. The second-order valence-corrected chi connectivity index (χ2v) is 9.28. The van der Waals surface area contributed by atoms with Crippen LogP contribution in [0.1, 0.15) is 33.6 Å². The molecule has 0 saturated heterocycles. The lowest BCUT2D eigenvalue weighted by molar-refractivity contribution is 0.0127. The van der Waals surface area contributed by atoms with Crippen LogP contribution < -0.4 is 0 Å². The van der Waals surface area contributed by atoms with Gasteiger partial charge in [-0.3, -0.25) is 0 Å². The van der Waals surface area contributed by atoms with Gasteiger partial charge in [0.15, 0.2) is 0 Å². The zero-order valence-corrected chi connectivity index (χ0v) is 11.4. The van der Waals surface area contributed by atoms with Gasteiger partial charge in [-0.1, -0.05) is 52.6 Å². The quantitative estimate of drug-likeness (QED) is 0.681. The number of aliphatic hydroxyl groups is 1. The Morgan fingerprint density at radius 3 is 2.00 bits per heavy atom. The van der Waals surface area contributed by atoms with Gasteiger partial charge in [-0.15, -0.1) is 0 Å². The third-order valence-corrected chi connectivity index (χ3v) is 6.32. The third kappa shape index (κ3) is 1.07. The Balaban J connectivity index is 2.46. The number of halogens is 2. The van der Waals surface area contributed by atoms with Gasteiger partial charge in [-0.2, -0.15) is 0 Å². The minimum atomic E-state index is -0.129. The molecule has 2 bridgehead atoms. The second kappa shape index (κ2) is 2.53. The molecular formula is C10H16Br2O. The molecule has 0 radical (unpaired) electrons. The first-order valence-corrected chi connectivity index (χ1v) is 6.36. The van der Waals surface area contributed by atoms with Crippen LogP contribution in [-0.2, 0) is 0 Å². The van der Waals surface area contributed by atoms with Crippen LogP contribution in [0.3, 0.4) is 0 Å². The molecule has 2 aliphatic rings. The number of hydrogen-bond donors (Lipinski definition) is 1. The molecule has 0 aromatic rings. The molecule has 1 N–H and O–H groups in total. The normalized spacial score (nSPS) is 51.2. The number of alkyl halides is 2. The fraction of sp³-hybridized carbons (Fsp3) is 1.00. The van der Waals surface area contributed by atoms with E-state index in [1.807, 2.05) is 0 Å². The van der Waals surface area contributed by atoms with E-state index in [4.69, 9.17) is 0 Å². The fourth-order valence-corrected chi connectivity index (χ4v) is 5.95. The molecule has 2 rings (SSSR count). The van der Waals surface area contributed by atoms with Crippen molar-refractivity contribution in [3.8, 4) is 0 Å². The van der Waals surface area contributed by atoms with Crippen LogP contribution in [-0.4, -0.2) is 14.4 Å². The van der Waals surface area contributed by atoms with Crippen LogP contribution >= 0.6 is 31.9 Å². The molecule has 3 atom stereocenters. The minimum absolute atomic E-state index is 0.0531. The molecule has 1 nitrogen and oxygen atoms in total. The maximum absolute atomic E-state index is 10.0. The van der Waals surface area contributed by atoms with E-state index in [1.54, 1.807) is 0 Å². The topological polar surface area (TPSA) is 20.2 Å². The van der Waals surface area contributed by atoms with Gasteiger partial charge in [0.1, 0.15) is 0 Å². The van der Waals surface area contributed by atoms with Crippen LogP contribution in [0.15, 0.2) is 0 Å². The largest absolute Gasteiger partial charge is 0.393 e. The smallest absolute Gasteiger partial charge is 0.0846 e. The van der Waals surface area contributed by atoms with Gasteiger partial charge < -0.3 is 5.11 Å². The summed E-state index contributed by atoms with van der Waals surface area (Å²) in [6.07, 6.45) is 1.80. The summed E-state index contributed by atoms with van der Waals surface area (Å²) in [4.78, 5) is 0. The SMILES string of the molecule is CC1(C)[C@@H]2C[C@@H](O)[C@@]1(C)CC2(Br)Br. The van der Waals surface area contributed by atoms with Gasteiger partial charge in [0.05, 0.1) is 9.34 Å². The van der Waals surface area contributed by atoms with E-state index in [2.05, 4.69) is 52.6 Å². The van der Waals surface area contributed by atoms with Crippen LogP contribution in [0.25, 0.3) is 0 Å². The summed E-state index contributed by atoms with van der Waals surface area (Å²) >= 11 is 7.49. The molecule has 2 aliphatic carbocycles. The zero-order chi connectivity index (χ0) is 10.1. The summed E-state index contributed by atoms with van der Waals surface area (Å²) < 4.78 is 0.0531. The number of aliphatic hydroxyl groups excluding tert-OH is 1. The highest BCUT2D eigenvalue weighted by Gasteiger charge is 2.69. The Morgan fingerprint density at radius 2 is 1.77 bits per heavy atom. The highest BCUT2D eigenvalue weighted by atomic mass is 79.9. The summed E-state index contributed by atoms with van der Waals surface area (Å²) in [7, 11) is 0. The molecule has 0 aromatic heterocycles. The van der Waals surface area contributed by atoms with Crippen molar-refractivity contribution in [2.75, 3.05) is 0 Å². The van der Waals surface area contributed by atoms with Gasteiger partial charge in [0.25, 0.3) is 0 Å². The van der Waals surface area contributed by atoms with E-state index >= 15 is 0 Å². The van der Waals surface area contributed by atoms with Crippen molar-refractivity contribution in [1.82, 2.24) is 0 Å². The van der Waals surface area contributed by atoms with Gasteiger partial charge >= 0.3 is 0 Å². The zero-order valence-electron chi connectivity index (χ0n) is 8.27. The van der Waals surface area contributed by atoms with Gasteiger partial charge in [-0.25, -0.2) is 0 Å². The highest BCUT2D eigenvalue weighted by molar-refractivity contribution is 9.25. The van der Waals surface area contributed by atoms with E-state index in [9.17, 15) is 5.11 Å². The first-order valence-electron chi connectivity index (χ1n) is 4.78. The predicted octanol–water partition coefficient (Wildman–Crippen LogP) is 3.29. The van der Waals surface area contributed by atoms with Crippen molar-refractivity contribution in [3.63, 3.8) is 0 Å². The monoisotopic (exact) mass is 310 g/mol. The first-order chi connectivity index (χ1) is 5.72. The lowest BCUT2D eigenvalue weighted by atomic mass is 9.70. The molecule has 0 amide bonds. The third-order valence-electron chi connectivity index (χ3n) is 4.65. The molecule has 2 saturated carbocycles. The maximum Gasteiger partial charge on any atom is 0.0846 e. The van der Waals surface area contributed by atoms with Gasteiger partial charge in [0.2, 0.25) is 0 Å². The van der Waals surface area contributed by atoms with Crippen molar-refractivity contribution in [2.24, 2.45) is 16.7 Å². The van der Waals surface area contributed by atoms with Crippen molar-refractivity contribution < 1.29 is 5.11 Å². The average Bonchev–Trinajstić information content (AvgIpc) is 2.16. The summed E-state index contributed by atoms with van der Waals surface area (Å²) in [5.41, 5.74) is 0.282. The van der Waals surface area contributed by atoms with E-state index < -0.39 is 0 Å². The summed E-state index contributed by atoms with van der Waals surface area (Å²) in [5.74, 6) is 0.528. The Morgan fingerprint density at radius 1 is 1.23 bits per heavy atom. The molecule has 0 aliphatic heterocycles. The Kier molecular flexibility index (Phi) is 2.03. The first kappa shape index (κ1) is 10.4. The molecule has 76 valence electrons. The van der Waals surface area contributed by atoms with E-state index in [-0.39, 0.29) is 20.2 Å². The molecule has 0 heterocycles. The fourth-order valence-electron chi connectivity index (χ4n) is 3.26. The lowest BCUT2D eigenvalue weighted by Crippen LogP contribution is -2.36. The highest BCUT2D eigenvalue weighted by Crippen LogP contribution is 2.72. The second-order valence-electron chi connectivity index (χ2n) is 5.38. The molecule has 0 spiro atoms. The van der Waals surface area contributed by atoms with Crippen molar-refractivity contribution in [2.45, 2.75) is 43.0 Å². The standard InChI is InChI=1S/C10H16Br2O/c1-8(2)6-4-7(13)9(8,3)5-10(6,11)12/h6-7,13H,4-5H2,1-3H3/t6-,7+,9+/m0/s1. The molecule has 13 heavy (non-hydrogen) atoms. The summed E-state index contributed by atoms with van der Waals surface area (Å²) in [6.45, 7) is 6.76. The summed E-state index contributed by atoms with van der Waals surface area (Å²) in [6, 6.07) is 0. The Labute approximate surface area is 96.5 Å². The predicted molar refractivity (Wildman–Crippen MR) is 61.2 cm³/mol. The number of hydrogen-bond acceptors (Lipinski definition) is 1. The van der Waals surface area contributed by atoms with Gasteiger partial charge in [-0.05, 0) is 24.2 Å². The van der Waals surface area contributed by atoms with Gasteiger partial charge in [0, 0.05) is 5.41 Å². The van der Waals surface area contributed by atoms with Crippen LogP contribution in [0.4, 0.5) is 0 Å². The average molecular weight is 312 g/mol. The van der Waals surface area contributed by atoms with Crippen molar-refractivity contribution in [3.05, 3.63) is 0 Å². The van der Waals surface area contributed by atoms with Crippen molar-refractivity contribution in [1.29, 1.82) is 0 Å². The Hall–Kier alpha value is 0.920. The Bertz CT molecular complexity index is 249. The van der Waals surface area contributed by atoms with Crippen LogP contribution in [0.5, 0.6) is 0 Å². The summed E-state index contributed by atoms with van der Waals surface area (Å²) in [5, 5.41) is 10.0. The van der Waals surface area contributed by atoms with E-state index in [1.165, 1.54) is 0 Å². The molecule has 0 unspecified atom stereocenters. The molecule has 0 aromatic carbocycles. The maximum atomic E-state index is 10.0. The van der Waals surface area contributed by atoms with Crippen LogP contribution in [0, 0.1) is 16.7 Å². The van der Waals surface area contributed by atoms with E-state index in [0.717, 1.165) is 12.8 Å². The number of fused-ring (bicyclic) bond motifs is 2. The van der Waals surface area contributed by atoms with Crippen LogP contribution in [0.2, 0.25) is 0 Å².